The topological polar surface area (TPSA) is 226 Å². The molecule has 8 rings (SSSR count). The van der Waals surface area contributed by atoms with Gasteiger partial charge in [-0.15, -0.1) is 0 Å². The van der Waals surface area contributed by atoms with E-state index in [2.05, 4.69) is 0 Å². The van der Waals surface area contributed by atoms with Crippen molar-refractivity contribution in [1.29, 1.82) is 0 Å². The van der Waals surface area contributed by atoms with Crippen LogP contribution in [0.4, 0.5) is 13.2 Å². The first-order valence-electron chi connectivity index (χ1n) is 28.9. The average Bonchev–Trinajstić information content (AvgIpc) is 1.51. The lowest BCUT2D eigenvalue weighted by atomic mass is 10.0. The summed E-state index contributed by atoms with van der Waals surface area (Å²) in [6, 6.07) is 35.1. The Labute approximate surface area is 525 Å². The van der Waals surface area contributed by atoms with E-state index >= 15 is 0 Å². The van der Waals surface area contributed by atoms with Gasteiger partial charge in [-0.1, -0.05) is 89.9 Å². The Morgan fingerprint density at radius 2 is 0.820 bits per heavy atom. The van der Waals surface area contributed by atoms with Gasteiger partial charge >= 0.3 is 0 Å². The minimum atomic E-state index is -1.10. The number of amides is 8. The molecular formula is C66H71Cl2F3N8O10. The number of carbonyl (C=O) groups is 8. The Morgan fingerprint density at radius 1 is 0.483 bits per heavy atom. The second-order valence-corrected chi connectivity index (χ2v) is 22.4. The molecule has 0 saturated carbocycles. The summed E-state index contributed by atoms with van der Waals surface area (Å²) in [5.74, 6) is -3.58. The van der Waals surface area contributed by atoms with Crippen LogP contribution in [0.1, 0.15) is 46.2 Å². The lowest BCUT2D eigenvalue weighted by molar-refractivity contribution is -0.158. The van der Waals surface area contributed by atoms with Gasteiger partial charge in [0.15, 0.2) is 0 Å². The van der Waals surface area contributed by atoms with Crippen molar-refractivity contribution in [3.8, 4) is 11.5 Å². The van der Waals surface area contributed by atoms with Gasteiger partial charge in [-0.05, 0) is 145 Å². The van der Waals surface area contributed by atoms with Gasteiger partial charge in [0.2, 0.25) is 47.3 Å². The summed E-state index contributed by atoms with van der Waals surface area (Å²) in [5.41, 5.74) is 15.9. The molecule has 2 saturated heterocycles. The molecular weight excluding hydrogens is 1190 g/mol. The largest absolute Gasteiger partial charge is 0.497 e. The number of benzene rings is 6. The molecule has 8 amide bonds. The molecule has 4 N–H and O–H groups in total. The molecule has 470 valence electrons. The Balaban J connectivity index is 0.000000254. The van der Waals surface area contributed by atoms with Gasteiger partial charge in [-0.3, -0.25) is 38.4 Å². The van der Waals surface area contributed by atoms with E-state index in [-0.39, 0.29) is 113 Å². The summed E-state index contributed by atoms with van der Waals surface area (Å²) < 4.78 is 50.6. The number of carbonyl (C=O) groups excluding carboxylic acids is 8. The van der Waals surface area contributed by atoms with Gasteiger partial charge in [-0.25, -0.2) is 13.2 Å². The average molecular weight is 1260 g/mol. The fourth-order valence-corrected chi connectivity index (χ4v) is 10.9. The monoisotopic (exact) mass is 1260 g/mol. The van der Waals surface area contributed by atoms with Crippen LogP contribution in [0.2, 0.25) is 10.0 Å². The number of rotatable bonds is 28. The van der Waals surface area contributed by atoms with Crippen LogP contribution in [-0.4, -0.2) is 168 Å². The van der Waals surface area contributed by atoms with E-state index in [9.17, 15) is 51.5 Å². The summed E-state index contributed by atoms with van der Waals surface area (Å²) in [7, 11) is 3.13. The molecule has 23 heteroatoms. The number of methoxy groups -OCH3 is 2. The Morgan fingerprint density at radius 3 is 1.17 bits per heavy atom. The molecule has 6 aromatic carbocycles. The van der Waals surface area contributed by atoms with Gasteiger partial charge in [-0.2, -0.15) is 0 Å². The molecule has 0 bridgehead atoms. The normalized spacial score (nSPS) is 14.9. The standard InChI is InChI=1S/C33H35Cl2FN4O5.C33H36F2N4O5/c1-45-27-10-4-23(5-11-27)12-15-38(20-30(37)41)31(42)19-29-33(44)39(16-14-24-6-7-25(34)18-28(24)35)21-32(43)40(29)17-13-22-2-8-26(36)9-3-22;1-44-28-12-6-25(7-13-28)14-17-37(21-30(36)40)31(41)20-29-33(43)38(18-15-23-2-8-26(34)9-3-23)22-32(42)39(29)19-16-24-4-10-27(35)11-5-24/h2-11,18,29H,12-17,19-21H2,1H3,(H2,37,41);2-13,29H,14-22H2,1H3,(H2,36,40). The van der Waals surface area contributed by atoms with Crippen molar-refractivity contribution in [3.63, 3.8) is 0 Å². The van der Waals surface area contributed by atoms with Crippen molar-refractivity contribution in [2.45, 2.75) is 63.5 Å². The number of primary amides is 2. The van der Waals surface area contributed by atoms with Crippen molar-refractivity contribution >= 4 is 70.5 Å². The SMILES string of the molecule is COc1ccc(CCN(CC(N)=O)C(=O)CC2C(=O)N(CCc3ccc(Cl)cc3Cl)CC(=O)N2CCc2ccc(F)cc2)cc1.COc1ccc(CCN(CC(N)=O)C(=O)CC2C(=O)N(CCc3ccc(F)cc3)CC(=O)N2CCc2ccc(F)cc2)cc1. The smallest absolute Gasteiger partial charge is 0.246 e. The molecule has 2 unspecified atom stereocenters. The maximum absolute atomic E-state index is 13.9. The third-order valence-corrected chi connectivity index (χ3v) is 16.0. The first-order chi connectivity index (χ1) is 42.7. The van der Waals surface area contributed by atoms with E-state index in [0.29, 0.717) is 60.1 Å². The number of hydrogen-bond donors (Lipinski definition) is 2. The molecule has 0 radical (unpaired) electrons. The van der Waals surface area contributed by atoms with Crippen molar-refractivity contribution in [2.24, 2.45) is 11.5 Å². The van der Waals surface area contributed by atoms with Crippen LogP contribution >= 0.6 is 23.2 Å². The highest BCUT2D eigenvalue weighted by atomic mass is 35.5. The highest BCUT2D eigenvalue weighted by molar-refractivity contribution is 6.35. The van der Waals surface area contributed by atoms with Gasteiger partial charge in [0, 0.05) is 49.3 Å². The van der Waals surface area contributed by atoms with Gasteiger partial charge in [0.1, 0.15) is 41.0 Å². The molecule has 18 nitrogen and oxygen atoms in total. The van der Waals surface area contributed by atoms with Crippen molar-refractivity contribution < 1.29 is 61.0 Å². The van der Waals surface area contributed by atoms with E-state index in [1.54, 1.807) is 93.1 Å². The third-order valence-electron chi connectivity index (χ3n) is 15.4. The summed E-state index contributed by atoms with van der Waals surface area (Å²) in [5, 5.41) is 0.931. The van der Waals surface area contributed by atoms with E-state index in [4.69, 9.17) is 44.1 Å². The van der Waals surface area contributed by atoms with E-state index in [0.717, 1.165) is 33.4 Å². The van der Waals surface area contributed by atoms with Gasteiger partial charge < -0.3 is 50.3 Å². The highest BCUT2D eigenvalue weighted by Gasteiger charge is 2.42. The predicted octanol–water partition coefficient (Wildman–Crippen LogP) is 6.66. The Kier molecular flexibility index (Phi) is 24.9. The molecule has 2 heterocycles. The van der Waals surface area contributed by atoms with Crippen molar-refractivity contribution in [3.05, 3.63) is 200 Å². The number of nitrogens with zero attached hydrogens (tertiary/aromatic N) is 6. The van der Waals surface area contributed by atoms with Crippen molar-refractivity contribution in [1.82, 2.24) is 29.4 Å². The first kappa shape index (κ1) is 67.6. The summed E-state index contributed by atoms with van der Waals surface area (Å²) in [6.45, 7) is 0.0294. The lowest BCUT2D eigenvalue weighted by Gasteiger charge is -2.41. The maximum atomic E-state index is 13.9. The summed E-state index contributed by atoms with van der Waals surface area (Å²) >= 11 is 12.3. The number of halogens is 5. The van der Waals surface area contributed by atoms with Gasteiger partial charge in [0.25, 0.3) is 0 Å². The zero-order valence-corrected chi connectivity index (χ0v) is 51.0. The fraction of sp³-hybridized carbons (Fsp3) is 0.333. The minimum Gasteiger partial charge on any atom is -0.497 e. The Bertz CT molecular complexity index is 3420. The second kappa shape index (κ2) is 32.9. The zero-order valence-electron chi connectivity index (χ0n) is 49.5. The molecule has 2 fully saturated rings. The molecule has 2 atom stereocenters. The van der Waals surface area contributed by atoms with Crippen LogP contribution in [0.3, 0.4) is 0 Å². The second-order valence-electron chi connectivity index (χ2n) is 21.5. The molecule has 0 spiro atoms. The first-order valence-corrected chi connectivity index (χ1v) is 29.6. The lowest BCUT2D eigenvalue weighted by Crippen LogP contribution is -2.61. The Hall–Kier alpha value is -8.95. The quantitative estimate of drug-likeness (QED) is 0.0531. The van der Waals surface area contributed by atoms with Crippen LogP contribution < -0.4 is 20.9 Å². The van der Waals surface area contributed by atoms with Crippen LogP contribution in [0, 0.1) is 17.5 Å². The molecule has 2 aliphatic rings. The van der Waals surface area contributed by atoms with Crippen LogP contribution in [0.25, 0.3) is 0 Å². The number of piperazine rings is 2. The molecule has 0 aliphatic carbocycles. The van der Waals surface area contributed by atoms with E-state index in [1.165, 1.54) is 65.8 Å². The number of ether oxygens (including phenoxy) is 2. The van der Waals surface area contributed by atoms with Crippen LogP contribution in [0.15, 0.2) is 140 Å². The molecule has 2 aliphatic heterocycles. The number of hydrogen-bond acceptors (Lipinski definition) is 10. The highest BCUT2D eigenvalue weighted by Crippen LogP contribution is 2.25. The van der Waals surface area contributed by atoms with Crippen molar-refractivity contribution in [2.75, 3.05) is 79.7 Å². The van der Waals surface area contributed by atoms with E-state index in [1.807, 2.05) is 24.3 Å². The van der Waals surface area contributed by atoms with Crippen LogP contribution in [0.5, 0.6) is 11.5 Å². The summed E-state index contributed by atoms with van der Waals surface area (Å²) in [4.78, 5) is 114. The van der Waals surface area contributed by atoms with Gasteiger partial charge in [0.05, 0.1) is 53.2 Å². The summed E-state index contributed by atoms with van der Waals surface area (Å²) in [6.07, 6.45) is 1.67. The molecule has 89 heavy (non-hydrogen) atoms. The third kappa shape index (κ3) is 20.3. The number of nitrogens with two attached hydrogens (primary N) is 2. The minimum absolute atomic E-state index is 0.140. The predicted molar refractivity (Wildman–Crippen MR) is 329 cm³/mol. The maximum Gasteiger partial charge on any atom is 0.246 e. The molecule has 0 aromatic heterocycles. The fourth-order valence-electron chi connectivity index (χ4n) is 10.4. The van der Waals surface area contributed by atoms with E-state index < -0.39 is 41.6 Å². The zero-order chi connectivity index (χ0) is 64.1. The van der Waals surface area contributed by atoms with Crippen LogP contribution in [-0.2, 0) is 76.9 Å². The molecule has 6 aromatic rings.